The van der Waals surface area contributed by atoms with E-state index in [1.807, 2.05) is 30.3 Å². The molecule has 1 atom stereocenters. The van der Waals surface area contributed by atoms with Gasteiger partial charge in [-0.3, -0.25) is 9.59 Å². The summed E-state index contributed by atoms with van der Waals surface area (Å²) >= 11 is 0. The van der Waals surface area contributed by atoms with Gasteiger partial charge in [-0.25, -0.2) is 0 Å². The molecule has 0 saturated carbocycles. The maximum absolute atomic E-state index is 12.4. The molecule has 0 saturated heterocycles. The molecule has 1 unspecified atom stereocenters. The average Bonchev–Trinajstić information content (AvgIpc) is 2.51. The van der Waals surface area contributed by atoms with Crippen molar-refractivity contribution in [3.63, 3.8) is 0 Å². The van der Waals surface area contributed by atoms with Crippen LogP contribution in [0.25, 0.3) is 0 Å². The Bertz CT molecular complexity index is 523. The zero-order chi connectivity index (χ0) is 16.6. The van der Waals surface area contributed by atoms with Crippen molar-refractivity contribution in [2.75, 3.05) is 13.7 Å². The number of ketones is 1. The molecule has 0 aliphatic carbocycles. The molecule has 0 radical (unpaired) electrons. The highest BCUT2D eigenvalue weighted by atomic mass is 16.6. The fraction of sp³-hybridized carbons (Fsp3) is 0.471. The van der Waals surface area contributed by atoms with Crippen LogP contribution in [-0.2, 0) is 30.3 Å². The molecule has 5 heteroatoms. The summed E-state index contributed by atoms with van der Waals surface area (Å²) in [5.41, 5.74) is -0.679. The number of hydrogen-bond donors (Lipinski definition) is 0. The molecule has 22 heavy (non-hydrogen) atoms. The number of rotatable bonds is 8. The van der Waals surface area contributed by atoms with Gasteiger partial charge in [-0.15, -0.1) is 0 Å². The zero-order valence-electron chi connectivity index (χ0n) is 13.3. The highest BCUT2D eigenvalue weighted by Gasteiger charge is 2.48. The quantitative estimate of drug-likeness (QED) is 0.544. The topological polar surface area (TPSA) is 69.7 Å². The van der Waals surface area contributed by atoms with E-state index in [4.69, 9.17) is 9.47 Å². The molecule has 120 valence electrons. The standard InChI is InChI=1S/C17H22O5/c1-4-22-16(20)17(15(19)21-3,11-10-13(2)18)12-14-8-6-5-7-9-14/h5-9H,4,10-12H2,1-3H3. The van der Waals surface area contributed by atoms with E-state index in [1.165, 1.54) is 14.0 Å². The molecule has 0 aliphatic heterocycles. The van der Waals surface area contributed by atoms with E-state index in [2.05, 4.69) is 0 Å². The van der Waals surface area contributed by atoms with Crippen LogP contribution >= 0.6 is 0 Å². The van der Waals surface area contributed by atoms with Gasteiger partial charge in [-0.2, -0.15) is 0 Å². The fourth-order valence-electron chi connectivity index (χ4n) is 2.32. The molecule has 1 aromatic carbocycles. The first-order valence-corrected chi connectivity index (χ1v) is 7.25. The highest BCUT2D eigenvalue weighted by molar-refractivity contribution is 6.00. The van der Waals surface area contributed by atoms with Crippen molar-refractivity contribution in [3.05, 3.63) is 35.9 Å². The maximum atomic E-state index is 12.4. The molecule has 1 rings (SSSR count). The summed E-state index contributed by atoms with van der Waals surface area (Å²) in [5.74, 6) is -1.41. The zero-order valence-corrected chi connectivity index (χ0v) is 13.3. The summed E-state index contributed by atoms with van der Waals surface area (Å²) in [6, 6.07) is 9.15. The lowest BCUT2D eigenvalue weighted by atomic mass is 9.77. The molecule has 0 aliphatic rings. The summed E-state index contributed by atoms with van der Waals surface area (Å²) in [7, 11) is 1.23. The van der Waals surface area contributed by atoms with Gasteiger partial charge in [0.25, 0.3) is 0 Å². The van der Waals surface area contributed by atoms with Gasteiger partial charge in [0.05, 0.1) is 13.7 Å². The van der Waals surface area contributed by atoms with Gasteiger partial charge in [-0.05, 0) is 32.3 Å². The Morgan fingerprint density at radius 1 is 1.09 bits per heavy atom. The van der Waals surface area contributed by atoms with Crippen molar-refractivity contribution in [3.8, 4) is 0 Å². The van der Waals surface area contributed by atoms with E-state index < -0.39 is 17.4 Å². The number of esters is 2. The van der Waals surface area contributed by atoms with Gasteiger partial charge in [-0.1, -0.05) is 30.3 Å². The number of benzene rings is 1. The minimum absolute atomic E-state index is 0.0722. The number of methoxy groups -OCH3 is 1. The molecule has 0 N–H and O–H groups in total. The summed E-state index contributed by atoms with van der Waals surface area (Å²) in [6.45, 7) is 3.26. The number of hydrogen-bond acceptors (Lipinski definition) is 5. The minimum Gasteiger partial charge on any atom is -0.468 e. The first-order chi connectivity index (χ1) is 10.5. The van der Waals surface area contributed by atoms with Gasteiger partial charge in [0.1, 0.15) is 5.78 Å². The molecule has 0 fully saturated rings. The number of carbonyl (C=O) groups excluding carboxylic acids is 3. The SMILES string of the molecule is CCOC(=O)C(CCC(C)=O)(Cc1ccccc1)C(=O)OC. The number of ether oxygens (including phenoxy) is 2. The second-order valence-electron chi connectivity index (χ2n) is 5.16. The van der Waals surface area contributed by atoms with Crippen LogP contribution in [0.3, 0.4) is 0 Å². The van der Waals surface area contributed by atoms with Crippen LogP contribution in [0.2, 0.25) is 0 Å². The predicted octanol–water partition coefficient (Wildman–Crippen LogP) is 2.32. The molecular weight excluding hydrogens is 284 g/mol. The third-order valence-corrected chi connectivity index (χ3v) is 3.49. The van der Waals surface area contributed by atoms with E-state index in [0.717, 1.165) is 5.56 Å². The molecule has 0 heterocycles. The van der Waals surface area contributed by atoms with Gasteiger partial charge >= 0.3 is 11.9 Å². The Kier molecular flexibility index (Phi) is 6.76. The summed E-state index contributed by atoms with van der Waals surface area (Å²) in [4.78, 5) is 36.1. The Balaban J connectivity index is 3.20. The van der Waals surface area contributed by atoms with Crippen LogP contribution in [0.15, 0.2) is 30.3 Å². The molecule has 0 amide bonds. The van der Waals surface area contributed by atoms with Crippen LogP contribution in [-0.4, -0.2) is 31.4 Å². The second-order valence-corrected chi connectivity index (χ2v) is 5.16. The first kappa shape index (κ1) is 17.9. The highest BCUT2D eigenvalue weighted by Crippen LogP contribution is 2.32. The van der Waals surface area contributed by atoms with Crippen molar-refractivity contribution in [2.45, 2.75) is 33.1 Å². The van der Waals surface area contributed by atoms with Crippen molar-refractivity contribution < 1.29 is 23.9 Å². The number of Topliss-reactive ketones (excluding diaryl/α,β-unsaturated/α-hetero) is 1. The second kappa shape index (κ2) is 8.32. The molecular formula is C17H22O5. The third-order valence-electron chi connectivity index (χ3n) is 3.49. The Morgan fingerprint density at radius 3 is 2.23 bits per heavy atom. The summed E-state index contributed by atoms with van der Waals surface area (Å²) in [5, 5.41) is 0. The third kappa shape index (κ3) is 4.41. The first-order valence-electron chi connectivity index (χ1n) is 7.25. The van der Waals surface area contributed by atoms with Gasteiger partial charge in [0.15, 0.2) is 5.41 Å². The van der Waals surface area contributed by atoms with E-state index in [-0.39, 0.29) is 31.7 Å². The van der Waals surface area contributed by atoms with Crippen LogP contribution < -0.4 is 0 Å². The fourth-order valence-corrected chi connectivity index (χ4v) is 2.32. The van der Waals surface area contributed by atoms with Crippen molar-refractivity contribution in [1.82, 2.24) is 0 Å². The lowest BCUT2D eigenvalue weighted by Gasteiger charge is -2.28. The van der Waals surface area contributed by atoms with E-state index in [9.17, 15) is 14.4 Å². The van der Waals surface area contributed by atoms with E-state index in [1.54, 1.807) is 6.92 Å². The smallest absolute Gasteiger partial charge is 0.323 e. The molecule has 0 spiro atoms. The molecule has 5 nitrogen and oxygen atoms in total. The lowest BCUT2D eigenvalue weighted by Crippen LogP contribution is -2.44. The largest absolute Gasteiger partial charge is 0.468 e. The molecule has 0 bridgehead atoms. The van der Waals surface area contributed by atoms with Gasteiger partial charge < -0.3 is 14.3 Å². The predicted molar refractivity (Wildman–Crippen MR) is 81.1 cm³/mol. The Morgan fingerprint density at radius 2 is 1.73 bits per heavy atom. The summed E-state index contributed by atoms with van der Waals surface area (Å²) in [6.07, 6.45) is 0.329. The maximum Gasteiger partial charge on any atom is 0.323 e. The Hall–Kier alpha value is -2.17. The van der Waals surface area contributed by atoms with Crippen molar-refractivity contribution >= 4 is 17.7 Å². The number of carbonyl (C=O) groups is 3. The lowest BCUT2D eigenvalue weighted by molar-refractivity contribution is -0.171. The normalized spacial score (nSPS) is 13.0. The van der Waals surface area contributed by atoms with Gasteiger partial charge in [0.2, 0.25) is 0 Å². The molecule has 0 aromatic heterocycles. The van der Waals surface area contributed by atoms with Crippen molar-refractivity contribution in [1.29, 1.82) is 0 Å². The van der Waals surface area contributed by atoms with E-state index >= 15 is 0 Å². The summed E-state index contributed by atoms with van der Waals surface area (Å²) < 4.78 is 9.92. The van der Waals surface area contributed by atoms with E-state index in [0.29, 0.717) is 0 Å². The average molecular weight is 306 g/mol. The van der Waals surface area contributed by atoms with Crippen LogP contribution in [0, 0.1) is 5.41 Å². The van der Waals surface area contributed by atoms with Gasteiger partial charge in [0, 0.05) is 6.42 Å². The van der Waals surface area contributed by atoms with Crippen LogP contribution in [0.1, 0.15) is 32.3 Å². The minimum atomic E-state index is -1.49. The van der Waals surface area contributed by atoms with Crippen LogP contribution in [0.5, 0.6) is 0 Å². The molecule has 1 aromatic rings. The monoisotopic (exact) mass is 306 g/mol. The Labute approximate surface area is 130 Å². The van der Waals surface area contributed by atoms with Crippen LogP contribution in [0.4, 0.5) is 0 Å². The van der Waals surface area contributed by atoms with Crippen molar-refractivity contribution in [2.24, 2.45) is 5.41 Å².